The smallest absolute Gasteiger partial charge is 0.231 e. The minimum atomic E-state index is -0.0602. The van der Waals surface area contributed by atoms with Crippen molar-refractivity contribution in [1.82, 2.24) is 25.1 Å². The molecule has 3 heterocycles. The Kier molecular flexibility index (Phi) is 6.13. The number of anilines is 1. The van der Waals surface area contributed by atoms with E-state index in [9.17, 15) is 0 Å². The molecule has 1 saturated heterocycles. The van der Waals surface area contributed by atoms with Gasteiger partial charge < -0.3 is 19.1 Å². The van der Waals surface area contributed by atoms with Crippen LogP contribution >= 0.6 is 0 Å². The molecule has 36 heavy (non-hydrogen) atoms. The molecule has 0 bridgehead atoms. The normalized spacial score (nSPS) is 16.2. The lowest BCUT2D eigenvalue weighted by Crippen LogP contribution is -2.48. The highest BCUT2D eigenvalue weighted by molar-refractivity contribution is 5.58. The number of fused-ring (bicyclic) bond motifs is 1. The van der Waals surface area contributed by atoms with Gasteiger partial charge in [0.2, 0.25) is 6.79 Å². The molecular formula is C27H28N6O3. The lowest BCUT2D eigenvalue weighted by molar-refractivity contribution is 0.174. The first-order chi connectivity index (χ1) is 17.8. The molecule has 0 radical (unpaired) electrons. The molecule has 9 nitrogen and oxygen atoms in total. The molecule has 1 aromatic heterocycles. The van der Waals surface area contributed by atoms with Crippen molar-refractivity contribution in [2.24, 2.45) is 0 Å². The summed E-state index contributed by atoms with van der Waals surface area (Å²) < 4.78 is 18.5. The molecule has 0 aliphatic carbocycles. The van der Waals surface area contributed by atoms with Crippen LogP contribution in [0.25, 0.3) is 0 Å². The van der Waals surface area contributed by atoms with Gasteiger partial charge in [0.05, 0.1) is 25.4 Å². The topological polar surface area (TPSA) is 77.8 Å². The SMILES string of the molecule is COc1ccccc1N1CCN(C(c2ccccc2)c2nnnn2Cc2ccc3c(c2)OCO3)CC1. The van der Waals surface area contributed by atoms with Crippen molar-refractivity contribution < 1.29 is 14.2 Å². The Morgan fingerprint density at radius 1 is 0.889 bits per heavy atom. The molecule has 0 N–H and O–H groups in total. The average Bonchev–Trinajstić information content (AvgIpc) is 3.59. The number of hydrogen-bond acceptors (Lipinski definition) is 8. The summed E-state index contributed by atoms with van der Waals surface area (Å²) in [4.78, 5) is 4.84. The fraction of sp³-hybridized carbons (Fsp3) is 0.296. The number of piperazine rings is 1. The van der Waals surface area contributed by atoms with Crippen LogP contribution in [0.5, 0.6) is 17.2 Å². The van der Waals surface area contributed by atoms with Crippen LogP contribution in [0.4, 0.5) is 5.69 Å². The number of para-hydroxylation sites is 2. The van der Waals surface area contributed by atoms with E-state index in [1.165, 1.54) is 5.56 Å². The number of hydrogen-bond donors (Lipinski definition) is 0. The fourth-order valence-corrected chi connectivity index (χ4v) is 5.00. The standard InChI is InChI=1S/C27H28N6O3/c1-34-23-10-6-5-9-22(23)31-13-15-32(16-14-31)26(21-7-3-2-4-8-21)27-28-29-30-33(27)18-20-11-12-24-25(17-20)36-19-35-24/h2-12,17,26H,13-16,18-19H2,1H3. The van der Waals surface area contributed by atoms with Crippen molar-refractivity contribution in [3.8, 4) is 17.2 Å². The first-order valence-corrected chi connectivity index (χ1v) is 12.1. The number of methoxy groups -OCH3 is 1. The number of tetrazole rings is 1. The van der Waals surface area contributed by atoms with Gasteiger partial charge in [-0.25, -0.2) is 4.68 Å². The molecule has 6 rings (SSSR count). The van der Waals surface area contributed by atoms with Crippen LogP contribution in [0, 0.1) is 0 Å². The van der Waals surface area contributed by atoms with Gasteiger partial charge in [0.25, 0.3) is 0 Å². The van der Waals surface area contributed by atoms with Crippen LogP contribution in [0.2, 0.25) is 0 Å². The monoisotopic (exact) mass is 484 g/mol. The molecular weight excluding hydrogens is 456 g/mol. The molecule has 1 unspecified atom stereocenters. The lowest BCUT2D eigenvalue weighted by Gasteiger charge is -2.40. The maximum atomic E-state index is 5.60. The Balaban J connectivity index is 1.26. The van der Waals surface area contributed by atoms with Crippen molar-refractivity contribution in [3.05, 3.63) is 89.7 Å². The van der Waals surface area contributed by atoms with E-state index in [2.05, 4.69) is 61.7 Å². The van der Waals surface area contributed by atoms with Gasteiger partial charge in [-0.1, -0.05) is 48.5 Å². The molecule has 3 aromatic carbocycles. The Morgan fingerprint density at radius 2 is 1.67 bits per heavy atom. The van der Waals surface area contributed by atoms with Crippen LogP contribution in [0.1, 0.15) is 23.0 Å². The van der Waals surface area contributed by atoms with Gasteiger partial charge in [0, 0.05) is 26.2 Å². The van der Waals surface area contributed by atoms with Gasteiger partial charge in [-0.3, -0.25) is 4.90 Å². The van der Waals surface area contributed by atoms with E-state index in [4.69, 9.17) is 14.2 Å². The van der Waals surface area contributed by atoms with Crippen molar-refractivity contribution >= 4 is 5.69 Å². The van der Waals surface area contributed by atoms with Gasteiger partial charge >= 0.3 is 0 Å². The molecule has 4 aromatic rings. The molecule has 0 spiro atoms. The van der Waals surface area contributed by atoms with E-state index in [-0.39, 0.29) is 12.8 Å². The Hall–Kier alpha value is -4.11. The Labute approximate surface area is 209 Å². The predicted molar refractivity (Wildman–Crippen MR) is 135 cm³/mol. The van der Waals surface area contributed by atoms with Crippen molar-refractivity contribution in [2.45, 2.75) is 12.6 Å². The van der Waals surface area contributed by atoms with Crippen LogP contribution < -0.4 is 19.1 Å². The van der Waals surface area contributed by atoms with E-state index < -0.39 is 0 Å². The predicted octanol–water partition coefficient (Wildman–Crippen LogP) is 3.37. The van der Waals surface area contributed by atoms with Crippen LogP contribution in [0.15, 0.2) is 72.8 Å². The molecule has 184 valence electrons. The Morgan fingerprint density at radius 3 is 2.50 bits per heavy atom. The van der Waals surface area contributed by atoms with E-state index in [1.54, 1.807) is 7.11 Å². The van der Waals surface area contributed by atoms with Crippen molar-refractivity contribution in [2.75, 3.05) is 45.0 Å². The number of ether oxygens (including phenoxy) is 3. The maximum Gasteiger partial charge on any atom is 0.231 e. The van der Waals surface area contributed by atoms with Gasteiger partial charge in [-0.15, -0.1) is 5.10 Å². The molecule has 2 aliphatic heterocycles. The third-order valence-electron chi connectivity index (χ3n) is 6.79. The second-order valence-electron chi connectivity index (χ2n) is 8.89. The molecule has 0 saturated carbocycles. The fourth-order valence-electron chi connectivity index (χ4n) is 5.00. The summed E-state index contributed by atoms with van der Waals surface area (Å²) in [5.74, 6) is 3.25. The quantitative estimate of drug-likeness (QED) is 0.395. The van der Waals surface area contributed by atoms with Gasteiger partial charge in [0.15, 0.2) is 17.3 Å². The zero-order valence-corrected chi connectivity index (χ0v) is 20.2. The first-order valence-electron chi connectivity index (χ1n) is 12.1. The van der Waals surface area contributed by atoms with E-state index >= 15 is 0 Å². The lowest BCUT2D eigenvalue weighted by atomic mass is 10.0. The van der Waals surface area contributed by atoms with E-state index in [0.29, 0.717) is 6.54 Å². The molecule has 0 amide bonds. The number of rotatable bonds is 7. The first kappa shape index (κ1) is 22.4. The highest BCUT2D eigenvalue weighted by atomic mass is 16.7. The number of benzene rings is 3. The molecule has 9 heteroatoms. The van der Waals surface area contributed by atoms with Gasteiger partial charge in [0.1, 0.15) is 5.75 Å². The highest BCUT2D eigenvalue weighted by Crippen LogP contribution is 2.34. The second kappa shape index (κ2) is 9.87. The zero-order chi connectivity index (χ0) is 24.3. The van der Waals surface area contributed by atoms with Crippen LogP contribution in [-0.4, -0.2) is 65.2 Å². The summed E-state index contributed by atoms with van der Waals surface area (Å²) in [7, 11) is 1.72. The summed E-state index contributed by atoms with van der Waals surface area (Å²) in [6.45, 7) is 4.30. The summed E-state index contributed by atoms with van der Waals surface area (Å²) in [6, 6.07) is 24.6. The molecule has 2 aliphatic rings. The average molecular weight is 485 g/mol. The minimum absolute atomic E-state index is 0.0602. The van der Waals surface area contributed by atoms with Gasteiger partial charge in [-0.2, -0.15) is 0 Å². The maximum absolute atomic E-state index is 5.60. The van der Waals surface area contributed by atoms with Gasteiger partial charge in [-0.05, 0) is 45.8 Å². The number of nitrogens with zero attached hydrogens (tertiary/aromatic N) is 6. The van der Waals surface area contributed by atoms with Crippen molar-refractivity contribution in [3.63, 3.8) is 0 Å². The molecule has 1 atom stereocenters. The summed E-state index contributed by atoms with van der Waals surface area (Å²) in [5.41, 5.74) is 3.36. The third kappa shape index (κ3) is 4.33. The Bertz CT molecular complexity index is 1320. The zero-order valence-electron chi connectivity index (χ0n) is 20.2. The van der Waals surface area contributed by atoms with Crippen LogP contribution in [-0.2, 0) is 6.54 Å². The van der Waals surface area contributed by atoms with E-state index in [1.807, 2.05) is 41.1 Å². The highest BCUT2D eigenvalue weighted by Gasteiger charge is 2.31. The largest absolute Gasteiger partial charge is 0.495 e. The van der Waals surface area contributed by atoms with E-state index in [0.717, 1.165) is 60.5 Å². The molecule has 1 fully saturated rings. The van der Waals surface area contributed by atoms with Crippen molar-refractivity contribution in [1.29, 1.82) is 0 Å². The summed E-state index contributed by atoms with van der Waals surface area (Å²) in [6.07, 6.45) is 0. The summed E-state index contributed by atoms with van der Waals surface area (Å²) >= 11 is 0. The summed E-state index contributed by atoms with van der Waals surface area (Å²) in [5, 5.41) is 12.9. The van der Waals surface area contributed by atoms with Crippen LogP contribution in [0.3, 0.4) is 0 Å². The minimum Gasteiger partial charge on any atom is -0.495 e. The number of aromatic nitrogens is 4. The third-order valence-corrected chi connectivity index (χ3v) is 6.79. The second-order valence-corrected chi connectivity index (χ2v) is 8.89.